The maximum atomic E-state index is 5.86. The standard InChI is InChI=1S/C10H10Cl2O2/c11-5-9-6-13-10(14-9)7-2-1-3-8(12)4-7/h1-4,9-10H,5-6H2. The van der Waals surface area contributed by atoms with Crippen molar-refractivity contribution in [1.82, 2.24) is 0 Å². The monoisotopic (exact) mass is 232 g/mol. The summed E-state index contributed by atoms with van der Waals surface area (Å²) in [5.74, 6) is 0.455. The van der Waals surface area contributed by atoms with Crippen LogP contribution in [0, 0.1) is 0 Å². The molecule has 0 aliphatic carbocycles. The molecule has 76 valence electrons. The van der Waals surface area contributed by atoms with Crippen molar-refractivity contribution in [3.05, 3.63) is 34.9 Å². The molecular formula is C10H10Cl2O2. The van der Waals surface area contributed by atoms with Crippen molar-refractivity contribution < 1.29 is 9.47 Å². The van der Waals surface area contributed by atoms with E-state index in [1.807, 2.05) is 24.3 Å². The lowest BCUT2D eigenvalue weighted by Crippen LogP contribution is -2.10. The summed E-state index contributed by atoms with van der Waals surface area (Å²) in [5.41, 5.74) is 0.935. The Morgan fingerprint density at radius 1 is 1.43 bits per heavy atom. The van der Waals surface area contributed by atoms with Gasteiger partial charge in [-0.25, -0.2) is 0 Å². The van der Waals surface area contributed by atoms with Crippen LogP contribution in [-0.4, -0.2) is 18.6 Å². The van der Waals surface area contributed by atoms with E-state index in [9.17, 15) is 0 Å². The van der Waals surface area contributed by atoms with Gasteiger partial charge in [0.1, 0.15) is 0 Å². The van der Waals surface area contributed by atoms with Crippen LogP contribution in [0.15, 0.2) is 24.3 Å². The zero-order valence-corrected chi connectivity index (χ0v) is 8.96. The molecule has 1 aliphatic rings. The van der Waals surface area contributed by atoms with E-state index in [4.69, 9.17) is 32.7 Å². The van der Waals surface area contributed by atoms with Gasteiger partial charge >= 0.3 is 0 Å². The molecule has 0 spiro atoms. The van der Waals surface area contributed by atoms with Crippen LogP contribution < -0.4 is 0 Å². The van der Waals surface area contributed by atoms with Gasteiger partial charge < -0.3 is 9.47 Å². The van der Waals surface area contributed by atoms with Crippen LogP contribution in [0.3, 0.4) is 0 Å². The summed E-state index contributed by atoms with van der Waals surface area (Å²) in [5, 5.41) is 0.684. The molecule has 1 aromatic carbocycles. The third-order valence-electron chi connectivity index (χ3n) is 2.04. The van der Waals surface area contributed by atoms with Crippen LogP contribution in [0.5, 0.6) is 0 Å². The molecule has 0 amide bonds. The van der Waals surface area contributed by atoms with Crippen molar-refractivity contribution in [3.8, 4) is 0 Å². The van der Waals surface area contributed by atoms with E-state index < -0.39 is 0 Å². The van der Waals surface area contributed by atoms with Crippen molar-refractivity contribution in [2.75, 3.05) is 12.5 Å². The second-order valence-electron chi connectivity index (χ2n) is 3.13. The van der Waals surface area contributed by atoms with Crippen molar-refractivity contribution in [1.29, 1.82) is 0 Å². The van der Waals surface area contributed by atoms with Crippen LogP contribution in [0.2, 0.25) is 5.02 Å². The number of benzene rings is 1. The first-order chi connectivity index (χ1) is 6.79. The fraction of sp³-hybridized carbons (Fsp3) is 0.400. The molecule has 2 atom stereocenters. The molecule has 1 aromatic rings. The summed E-state index contributed by atoms with van der Waals surface area (Å²) < 4.78 is 11.0. The predicted octanol–water partition coefficient (Wildman–Crippen LogP) is 2.99. The summed E-state index contributed by atoms with van der Waals surface area (Å²) in [4.78, 5) is 0. The minimum Gasteiger partial charge on any atom is -0.346 e. The topological polar surface area (TPSA) is 18.5 Å². The second kappa shape index (κ2) is 4.49. The Labute approximate surface area is 92.7 Å². The number of alkyl halides is 1. The van der Waals surface area contributed by atoms with Gasteiger partial charge in [0, 0.05) is 10.6 Å². The lowest BCUT2D eigenvalue weighted by molar-refractivity contribution is -0.0567. The number of ether oxygens (including phenoxy) is 2. The molecule has 14 heavy (non-hydrogen) atoms. The molecular weight excluding hydrogens is 223 g/mol. The number of hydrogen-bond acceptors (Lipinski definition) is 2. The van der Waals surface area contributed by atoms with Crippen LogP contribution in [0.25, 0.3) is 0 Å². The Hall–Kier alpha value is -0.280. The molecule has 0 N–H and O–H groups in total. The highest BCUT2D eigenvalue weighted by molar-refractivity contribution is 6.30. The normalized spacial score (nSPS) is 26.7. The van der Waals surface area contributed by atoms with E-state index in [0.29, 0.717) is 17.5 Å². The van der Waals surface area contributed by atoms with Gasteiger partial charge in [-0.15, -0.1) is 11.6 Å². The molecule has 2 rings (SSSR count). The van der Waals surface area contributed by atoms with Crippen molar-refractivity contribution in [3.63, 3.8) is 0 Å². The maximum absolute atomic E-state index is 5.86. The molecule has 0 bridgehead atoms. The summed E-state index contributed by atoms with van der Waals surface area (Å²) in [6.45, 7) is 0.542. The van der Waals surface area contributed by atoms with Gasteiger partial charge in [0.2, 0.25) is 0 Å². The molecule has 1 saturated heterocycles. The summed E-state index contributed by atoms with van der Waals surface area (Å²) in [6, 6.07) is 7.45. The predicted molar refractivity (Wildman–Crippen MR) is 55.7 cm³/mol. The zero-order chi connectivity index (χ0) is 9.97. The molecule has 2 nitrogen and oxygen atoms in total. The Morgan fingerprint density at radius 3 is 2.93 bits per heavy atom. The smallest absolute Gasteiger partial charge is 0.184 e. The molecule has 1 heterocycles. The molecule has 2 unspecified atom stereocenters. The summed E-state index contributed by atoms with van der Waals surface area (Å²) >= 11 is 11.5. The molecule has 0 aromatic heterocycles. The summed E-state index contributed by atoms with van der Waals surface area (Å²) in [7, 11) is 0. The Bertz CT molecular complexity index is 317. The highest BCUT2D eigenvalue weighted by Gasteiger charge is 2.26. The van der Waals surface area contributed by atoms with Crippen molar-refractivity contribution in [2.45, 2.75) is 12.4 Å². The van der Waals surface area contributed by atoms with Gasteiger partial charge in [-0.1, -0.05) is 23.7 Å². The van der Waals surface area contributed by atoms with Crippen LogP contribution in [-0.2, 0) is 9.47 Å². The third kappa shape index (κ3) is 2.20. The second-order valence-corrected chi connectivity index (χ2v) is 3.88. The van der Waals surface area contributed by atoms with Crippen LogP contribution in [0.4, 0.5) is 0 Å². The minimum absolute atomic E-state index is 0.0133. The number of rotatable bonds is 2. The first kappa shape index (κ1) is 10.2. The molecule has 1 aliphatic heterocycles. The van der Waals surface area contributed by atoms with E-state index in [1.54, 1.807) is 0 Å². The average Bonchev–Trinajstić information content (AvgIpc) is 2.66. The SMILES string of the molecule is ClCC1COC(c2cccc(Cl)c2)O1. The van der Waals surface area contributed by atoms with Gasteiger partial charge in [-0.3, -0.25) is 0 Å². The zero-order valence-electron chi connectivity index (χ0n) is 7.45. The molecule has 0 saturated carbocycles. The molecule has 0 radical (unpaired) electrons. The maximum Gasteiger partial charge on any atom is 0.184 e. The lowest BCUT2D eigenvalue weighted by atomic mass is 10.2. The minimum atomic E-state index is -0.322. The number of halogens is 2. The van der Waals surface area contributed by atoms with Crippen molar-refractivity contribution >= 4 is 23.2 Å². The van der Waals surface area contributed by atoms with Gasteiger partial charge in [-0.05, 0) is 12.1 Å². The first-order valence-corrected chi connectivity index (χ1v) is 5.29. The highest BCUT2D eigenvalue weighted by Crippen LogP contribution is 2.28. The average molecular weight is 233 g/mol. The highest BCUT2D eigenvalue weighted by atomic mass is 35.5. The largest absolute Gasteiger partial charge is 0.346 e. The Balaban J connectivity index is 2.09. The third-order valence-corrected chi connectivity index (χ3v) is 2.62. The Kier molecular flexibility index (Phi) is 3.29. The quantitative estimate of drug-likeness (QED) is 0.731. The molecule has 4 heteroatoms. The van der Waals surface area contributed by atoms with E-state index in [2.05, 4.69) is 0 Å². The Morgan fingerprint density at radius 2 is 2.29 bits per heavy atom. The van der Waals surface area contributed by atoms with E-state index in [-0.39, 0.29) is 12.4 Å². The van der Waals surface area contributed by atoms with Gasteiger partial charge in [0.25, 0.3) is 0 Å². The summed E-state index contributed by atoms with van der Waals surface area (Å²) in [6.07, 6.45) is -0.335. The lowest BCUT2D eigenvalue weighted by Gasteiger charge is -2.10. The fourth-order valence-electron chi connectivity index (χ4n) is 1.36. The van der Waals surface area contributed by atoms with Gasteiger partial charge in [0.15, 0.2) is 6.29 Å². The number of hydrogen-bond donors (Lipinski definition) is 0. The van der Waals surface area contributed by atoms with Crippen LogP contribution >= 0.6 is 23.2 Å². The van der Waals surface area contributed by atoms with E-state index in [0.717, 1.165) is 5.56 Å². The van der Waals surface area contributed by atoms with Crippen LogP contribution in [0.1, 0.15) is 11.9 Å². The molecule has 1 fully saturated rings. The van der Waals surface area contributed by atoms with Crippen molar-refractivity contribution in [2.24, 2.45) is 0 Å². The first-order valence-electron chi connectivity index (χ1n) is 4.38. The van der Waals surface area contributed by atoms with E-state index in [1.165, 1.54) is 0 Å². The van der Waals surface area contributed by atoms with Gasteiger partial charge in [0.05, 0.1) is 18.6 Å². The fourth-order valence-corrected chi connectivity index (χ4v) is 1.72. The van der Waals surface area contributed by atoms with Gasteiger partial charge in [-0.2, -0.15) is 0 Å². The van der Waals surface area contributed by atoms with E-state index >= 15 is 0 Å².